The summed E-state index contributed by atoms with van der Waals surface area (Å²) in [7, 11) is -3.53. The second-order valence-corrected chi connectivity index (χ2v) is 17.8. The molecule has 0 unspecified atom stereocenters. The number of aliphatic hydroxyl groups excluding tert-OH is 1. The minimum absolute atomic E-state index is 0.113. The number of para-hydroxylation sites is 1. The number of hydrogen-bond donors (Lipinski definition) is 1. The molecule has 0 radical (unpaired) electrons. The van der Waals surface area contributed by atoms with E-state index in [9.17, 15) is 19.5 Å². The van der Waals surface area contributed by atoms with Gasteiger partial charge in [0.05, 0.1) is 31.4 Å². The normalized spacial score (nSPS) is 21.4. The molecule has 1 saturated heterocycles. The fraction of sp³-hybridized carbons (Fsp3) is 0.308. The van der Waals surface area contributed by atoms with Gasteiger partial charge in [-0.05, 0) is 66.7 Å². The summed E-state index contributed by atoms with van der Waals surface area (Å²) in [5.41, 5.74) is 2.07. The van der Waals surface area contributed by atoms with Gasteiger partial charge in [0, 0.05) is 46.5 Å². The highest BCUT2D eigenvalue weighted by Crippen LogP contribution is 2.60. The zero-order valence-electron chi connectivity index (χ0n) is 28.3. The van der Waals surface area contributed by atoms with E-state index >= 15 is 4.11 Å². The molecular weight excluding hydrogens is 673 g/mol. The van der Waals surface area contributed by atoms with Crippen molar-refractivity contribution in [2.45, 2.75) is 56.8 Å². The molecule has 11 heteroatoms. The summed E-state index contributed by atoms with van der Waals surface area (Å²) < 4.78 is 23.1. The summed E-state index contributed by atoms with van der Waals surface area (Å²) in [6.07, 6.45) is -0.249. The van der Waals surface area contributed by atoms with E-state index in [1.54, 1.807) is 41.1 Å². The highest BCUT2D eigenvalue weighted by Gasteiger charge is 2.67. The molecular formula is C39H41ClFN3O5Si. The Kier molecular flexibility index (Phi) is 10.3. The predicted molar refractivity (Wildman–Crippen MR) is 195 cm³/mol. The minimum Gasteiger partial charge on any atom is -0.395 e. The average molecular weight is 714 g/mol. The molecule has 4 atom stereocenters. The first-order chi connectivity index (χ1) is 24.0. The first kappa shape index (κ1) is 35.5. The molecule has 2 heterocycles. The van der Waals surface area contributed by atoms with Crippen LogP contribution in [0.2, 0.25) is 23.7 Å². The fourth-order valence-electron chi connectivity index (χ4n) is 7.70. The maximum Gasteiger partial charge on any atom is 0.264 e. The second-order valence-electron chi connectivity index (χ2n) is 13.5. The van der Waals surface area contributed by atoms with E-state index in [-0.39, 0.29) is 44.5 Å². The van der Waals surface area contributed by atoms with Gasteiger partial charge in [-0.3, -0.25) is 19.3 Å². The number of fused-ring (bicyclic) bond motifs is 2. The average Bonchev–Trinajstić information content (AvgIpc) is 3.52. The zero-order valence-corrected chi connectivity index (χ0v) is 30.1. The number of nitrogens with zero attached hydrogens (tertiary/aromatic N) is 3. The van der Waals surface area contributed by atoms with E-state index in [1.165, 1.54) is 4.90 Å². The van der Waals surface area contributed by atoms with E-state index in [1.807, 2.05) is 91.9 Å². The van der Waals surface area contributed by atoms with Gasteiger partial charge in [-0.25, -0.2) is 0 Å². The Morgan fingerprint density at radius 1 is 0.980 bits per heavy atom. The van der Waals surface area contributed by atoms with Crippen molar-refractivity contribution in [3.8, 4) is 0 Å². The van der Waals surface area contributed by atoms with Crippen molar-refractivity contribution < 1.29 is 28.3 Å². The molecule has 6 rings (SSSR count). The van der Waals surface area contributed by atoms with Crippen molar-refractivity contribution in [1.29, 1.82) is 0 Å². The Bertz CT molecular complexity index is 1840. The SMILES string of the molecule is C[C@@H]1[C@@H]([Si](C)(C)F)[C@H](CC(=O)N(CCO)Cc2ccccc2)O[C@@]12C(=O)N(Cc1ccc(N(C=O)c3ccccc3)cc1)c1ccc(Cl)cc12. The molecule has 1 spiro atoms. The number of carbonyl (C=O) groups excluding carboxylic acids is 3. The molecule has 1 N–H and O–H groups in total. The van der Waals surface area contributed by atoms with Crippen molar-refractivity contribution in [3.05, 3.63) is 125 Å². The standard InChI is InChI=1S/C39H41ClFN3O5Si/c1-27-37(50(2,3)41)35(23-36(47)42(20-21-45)24-28-10-6-4-7-11-28)49-39(27)33-22-30(40)16-19-34(33)43(38(39)48)25-29-14-17-32(18-15-29)44(26-46)31-12-8-5-9-13-31/h4-19,22,26-27,35,37,45H,20-21,23-25H2,1-3H3/t27-,35+,37-,39+/m1/s1. The lowest BCUT2D eigenvalue weighted by molar-refractivity contribution is -0.150. The largest absolute Gasteiger partial charge is 0.395 e. The molecule has 4 aromatic carbocycles. The molecule has 0 aliphatic carbocycles. The molecule has 3 amide bonds. The molecule has 8 nitrogen and oxygen atoms in total. The maximum atomic E-state index is 16.4. The molecule has 50 heavy (non-hydrogen) atoms. The van der Waals surface area contributed by atoms with Crippen LogP contribution in [0.4, 0.5) is 21.2 Å². The summed E-state index contributed by atoms with van der Waals surface area (Å²) in [6.45, 7) is 5.41. The van der Waals surface area contributed by atoms with Crippen LogP contribution >= 0.6 is 11.6 Å². The Balaban J connectivity index is 1.30. The fourth-order valence-corrected chi connectivity index (χ4v) is 10.4. The third-order valence-corrected chi connectivity index (χ3v) is 12.6. The highest BCUT2D eigenvalue weighted by molar-refractivity contribution is 6.72. The van der Waals surface area contributed by atoms with Crippen molar-refractivity contribution in [2.75, 3.05) is 23.0 Å². The van der Waals surface area contributed by atoms with Gasteiger partial charge in [-0.1, -0.05) is 79.2 Å². The van der Waals surface area contributed by atoms with E-state index in [2.05, 4.69) is 0 Å². The van der Waals surface area contributed by atoms with Gasteiger partial charge in [0.15, 0.2) is 5.60 Å². The van der Waals surface area contributed by atoms with Crippen LogP contribution in [0.5, 0.6) is 0 Å². The Morgan fingerprint density at radius 2 is 1.62 bits per heavy atom. The number of aliphatic hydroxyl groups is 1. The van der Waals surface area contributed by atoms with E-state index in [4.69, 9.17) is 16.3 Å². The molecule has 0 bridgehead atoms. The molecule has 260 valence electrons. The monoisotopic (exact) mass is 713 g/mol. The topological polar surface area (TPSA) is 90.4 Å². The van der Waals surface area contributed by atoms with Gasteiger partial charge < -0.3 is 23.8 Å². The van der Waals surface area contributed by atoms with Gasteiger partial charge >= 0.3 is 0 Å². The maximum absolute atomic E-state index is 16.4. The third kappa shape index (κ3) is 6.73. The highest BCUT2D eigenvalue weighted by atomic mass is 35.5. The molecule has 0 saturated carbocycles. The van der Waals surface area contributed by atoms with Gasteiger partial charge in [-0.2, -0.15) is 0 Å². The van der Waals surface area contributed by atoms with Gasteiger partial charge in [0.1, 0.15) is 0 Å². The number of ether oxygens (including phenoxy) is 1. The molecule has 0 aromatic heterocycles. The third-order valence-electron chi connectivity index (χ3n) is 9.93. The number of halogens is 2. The lowest BCUT2D eigenvalue weighted by atomic mass is 9.82. The van der Waals surface area contributed by atoms with Crippen molar-refractivity contribution in [3.63, 3.8) is 0 Å². The quantitative estimate of drug-likeness (QED) is 0.0941. The summed E-state index contributed by atoms with van der Waals surface area (Å²) >= 11 is 6.53. The number of benzene rings is 4. The molecule has 2 aliphatic heterocycles. The van der Waals surface area contributed by atoms with Crippen molar-refractivity contribution in [2.24, 2.45) is 5.92 Å². The number of amides is 3. The van der Waals surface area contributed by atoms with Crippen LogP contribution in [0, 0.1) is 5.92 Å². The Morgan fingerprint density at radius 3 is 2.24 bits per heavy atom. The molecule has 2 aliphatic rings. The smallest absolute Gasteiger partial charge is 0.264 e. The van der Waals surface area contributed by atoms with Gasteiger partial charge in [-0.15, -0.1) is 0 Å². The Labute approximate surface area is 298 Å². The first-order valence-corrected chi connectivity index (χ1v) is 20.1. The number of anilines is 3. The van der Waals surface area contributed by atoms with Crippen molar-refractivity contribution >= 4 is 55.3 Å². The van der Waals surface area contributed by atoms with Crippen LogP contribution in [-0.4, -0.2) is 55.9 Å². The van der Waals surface area contributed by atoms with Gasteiger partial charge in [0.25, 0.3) is 5.91 Å². The van der Waals surface area contributed by atoms with Crippen LogP contribution < -0.4 is 9.80 Å². The number of hydrogen-bond acceptors (Lipinski definition) is 5. The summed E-state index contributed by atoms with van der Waals surface area (Å²) in [4.78, 5) is 45.3. The zero-order chi connectivity index (χ0) is 35.6. The van der Waals surface area contributed by atoms with Gasteiger partial charge in [0.2, 0.25) is 20.7 Å². The van der Waals surface area contributed by atoms with Crippen LogP contribution in [0.25, 0.3) is 0 Å². The van der Waals surface area contributed by atoms with E-state index < -0.39 is 31.6 Å². The van der Waals surface area contributed by atoms with Crippen LogP contribution in [0.1, 0.15) is 30.0 Å². The summed E-state index contributed by atoms with van der Waals surface area (Å²) in [5, 5.41) is 10.2. The van der Waals surface area contributed by atoms with Crippen molar-refractivity contribution in [1.82, 2.24) is 4.90 Å². The summed E-state index contributed by atoms with van der Waals surface area (Å²) in [5.74, 6) is -1.22. The predicted octanol–water partition coefficient (Wildman–Crippen LogP) is 7.37. The molecule has 4 aromatic rings. The molecule has 1 fully saturated rings. The van der Waals surface area contributed by atoms with Crippen LogP contribution in [0.15, 0.2) is 103 Å². The second kappa shape index (κ2) is 14.5. The summed E-state index contributed by atoms with van der Waals surface area (Å²) in [6, 6.07) is 31.4. The Hall–Kier alpha value is -4.35. The van der Waals surface area contributed by atoms with E-state index in [0.29, 0.717) is 22.0 Å². The number of carbonyl (C=O) groups is 3. The van der Waals surface area contributed by atoms with E-state index in [0.717, 1.165) is 23.2 Å². The lowest BCUT2D eigenvalue weighted by Gasteiger charge is -2.31. The lowest BCUT2D eigenvalue weighted by Crippen LogP contribution is -2.45. The van der Waals surface area contributed by atoms with Crippen LogP contribution in [-0.2, 0) is 37.8 Å². The minimum atomic E-state index is -3.53. The first-order valence-electron chi connectivity index (χ1n) is 16.8. The number of rotatable bonds is 12. The van der Waals surface area contributed by atoms with Crippen LogP contribution in [0.3, 0.4) is 0 Å².